The van der Waals surface area contributed by atoms with E-state index in [1.807, 2.05) is 0 Å². The quantitative estimate of drug-likeness (QED) is 0.416. The van der Waals surface area contributed by atoms with Crippen LogP contribution in [0, 0.1) is 5.92 Å². The van der Waals surface area contributed by atoms with Crippen LogP contribution in [0.15, 0.2) is 91.0 Å². The molecule has 0 saturated carbocycles. The molecule has 0 N–H and O–H groups in total. The highest BCUT2D eigenvalue weighted by atomic mass is 14.4. The minimum atomic E-state index is -0.112. The molecule has 1 atom stereocenters. The Bertz CT molecular complexity index is 647. The lowest BCUT2D eigenvalue weighted by Crippen LogP contribution is -2.36. The van der Waals surface area contributed by atoms with E-state index in [-0.39, 0.29) is 5.41 Å². The first-order valence-electron chi connectivity index (χ1n) is 9.46. The standard InChI is InChI=1S/C25H28/c1-3-4-14-21(2)25(22-15-8-5-9-16-22,23-17-10-6-11-18-23)24-19-12-7-13-20-24/h5-13,15-21H,3-4,14H2,1-2H3. The molecular formula is C25H28. The maximum Gasteiger partial charge on any atom is 0.0476 e. The van der Waals surface area contributed by atoms with Crippen molar-refractivity contribution in [2.75, 3.05) is 0 Å². The van der Waals surface area contributed by atoms with Crippen LogP contribution in [0.1, 0.15) is 49.8 Å². The second kappa shape index (κ2) is 8.16. The fourth-order valence-corrected chi connectivity index (χ4v) is 4.18. The SMILES string of the molecule is CCCCC(C)C(c1ccccc1)(c1ccccc1)c1ccccc1. The van der Waals surface area contributed by atoms with Crippen LogP contribution in [0.25, 0.3) is 0 Å². The van der Waals surface area contributed by atoms with Crippen LogP contribution in [0.2, 0.25) is 0 Å². The number of benzene rings is 3. The Morgan fingerprint density at radius 3 is 1.32 bits per heavy atom. The van der Waals surface area contributed by atoms with Gasteiger partial charge in [-0.3, -0.25) is 0 Å². The average Bonchev–Trinajstić information content (AvgIpc) is 2.69. The lowest BCUT2D eigenvalue weighted by Gasteiger charge is -2.41. The Morgan fingerprint density at radius 2 is 1.00 bits per heavy atom. The highest BCUT2D eigenvalue weighted by Gasteiger charge is 2.40. The summed E-state index contributed by atoms with van der Waals surface area (Å²) in [6.45, 7) is 4.70. The molecule has 0 fully saturated rings. The Morgan fingerprint density at radius 1 is 0.640 bits per heavy atom. The lowest BCUT2D eigenvalue weighted by atomic mass is 9.61. The molecule has 0 aromatic heterocycles. The molecule has 0 amide bonds. The summed E-state index contributed by atoms with van der Waals surface area (Å²) in [5.41, 5.74) is 4.04. The van der Waals surface area contributed by atoms with Crippen molar-refractivity contribution in [2.24, 2.45) is 5.92 Å². The largest absolute Gasteiger partial charge is 0.0654 e. The molecule has 0 radical (unpaired) electrons. The van der Waals surface area contributed by atoms with Crippen LogP contribution in [-0.4, -0.2) is 0 Å². The molecule has 3 aromatic carbocycles. The van der Waals surface area contributed by atoms with Gasteiger partial charge in [0.05, 0.1) is 0 Å². The Hall–Kier alpha value is -2.34. The summed E-state index contributed by atoms with van der Waals surface area (Å²) >= 11 is 0. The fourth-order valence-electron chi connectivity index (χ4n) is 4.18. The van der Waals surface area contributed by atoms with E-state index in [0.717, 1.165) is 0 Å². The molecule has 0 bridgehead atoms. The Labute approximate surface area is 152 Å². The molecule has 0 heteroatoms. The maximum atomic E-state index is 2.42. The first kappa shape index (κ1) is 17.5. The predicted octanol–water partition coefficient (Wildman–Crippen LogP) is 6.85. The second-order valence-electron chi connectivity index (χ2n) is 6.95. The van der Waals surface area contributed by atoms with Gasteiger partial charge < -0.3 is 0 Å². The molecule has 0 aliphatic rings. The number of hydrogen-bond acceptors (Lipinski definition) is 0. The summed E-state index contributed by atoms with van der Waals surface area (Å²) in [5.74, 6) is 0.514. The summed E-state index contributed by atoms with van der Waals surface area (Å²) in [5, 5.41) is 0. The molecule has 1 unspecified atom stereocenters. The lowest BCUT2D eigenvalue weighted by molar-refractivity contribution is 0.367. The minimum absolute atomic E-state index is 0.112. The van der Waals surface area contributed by atoms with Gasteiger partial charge in [0.25, 0.3) is 0 Å². The van der Waals surface area contributed by atoms with Crippen LogP contribution < -0.4 is 0 Å². The van der Waals surface area contributed by atoms with Gasteiger partial charge >= 0.3 is 0 Å². The zero-order valence-electron chi connectivity index (χ0n) is 15.4. The van der Waals surface area contributed by atoms with Crippen LogP contribution >= 0.6 is 0 Å². The van der Waals surface area contributed by atoms with Gasteiger partial charge in [-0.05, 0) is 29.0 Å². The zero-order chi connectivity index (χ0) is 17.5. The van der Waals surface area contributed by atoms with E-state index in [0.29, 0.717) is 5.92 Å². The van der Waals surface area contributed by atoms with Crippen molar-refractivity contribution in [3.63, 3.8) is 0 Å². The van der Waals surface area contributed by atoms with E-state index in [9.17, 15) is 0 Å². The zero-order valence-corrected chi connectivity index (χ0v) is 15.4. The average molecular weight is 328 g/mol. The summed E-state index contributed by atoms with van der Waals surface area (Å²) in [6, 6.07) is 33.1. The van der Waals surface area contributed by atoms with Crippen molar-refractivity contribution < 1.29 is 0 Å². The molecule has 0 saturated heterocycles. The van der Waals surface area contributed by atoms with E-state index in [1.165, 1.54) is 36.0 Å². The molecule has 0 spiro atoms. The van der Waals surface area contributed by atoms with E-state index in [4.69, 9.17) is 0 Å². The molecule has 0 aliphatic heterocycles. The molecule has 3 rings (SSSR count). The van der Waals surface area contributed by atoms with E-state index in [1.54, 1.807) is 0 Å². The highest BCUT2D eigenvalue weighted by Crippen LogP contribution is 2.46. The Kier molecular flexibility index (Phi) is 5.71. The summed E-state index contributed by atoms with van der Waals surface area (Å²) in [6.07, 6.45) is 3.71. The van der Waals surface area contributed by atoms with Crippen molar-refractivity contribution in [2.45, 2.75) is 38.5 Å². The number of rotatable bonds is 7. The Balaban J connectivity index is 2.28. The van der Waals surface area contributed by atoms with Gasteiger partial charge in [-0.1, -0.05) is 118 Å². The molecular weight excluding hydrogens is 300 g/mol. The third-order valence-electron chi connectivity index (χ3n) is 5.42. The van der Waals surface area contributed by atoms with Gasteiger partial charge in [0, 0.05) is 5.41 Å². The van der Waals surface area contributed by atoms with Gasteiger partial charge in [0.1, 0.15) is 0 Å². The van der Waals surface area contributed by atoms with Crippen molar-refractivity contribution in [1.82, 2.24) is 0 Å². The number of hydrogen-bond donors (Lipinski definition) is 0. The van der Waals surface area contributed by atoms with E-state index >= 15 is 0 Å². The normalized spacial score (nSPS) is 12.7. The maximum absolute atomic E-state index is 2.42. The monoisotopic (exact) mass is 328 g/mol. The van der Waals surface area contributed by atoms with Crippen molar-refractivity contribution in [3.8, 4) is 0 Å². The van der Waals surface area contributed by atoms with Crippen LogP contribution in [0.4, 0.5) is 0 Å². The van der Waals surface area contributed by atoms with Crippen LogP contribution in [0.5, 0.6) is 0 Å². The third kappa shape index (κ3) is 3.39. The summed E-state index contributed by atoms with van der Waals surface area (Å²) in [7, 11) is 0. The van der Waals surface area contributed by atoms with Crippen molar-refractivity contribution in [1.29, 1.82) is 0 Å². The second-order valence-corrected chi connectivity index (χ2v) is 6.95. The molecule has 0 aliphatic carbocycles. The van der Waals surface area contributed by atoms with Crippen LogP contribution in [-0.2, 0) is 5.41 Å². The molecule has 0 heterocycles. The molecule has 3 aromatic rings. The van der Waals surface area contributed by atoms with Crippen molar-refractivity contribution >= 4 is 0 Å². The van der Waals surface area contributed by atoms with E-state index in [2.05, 4.69) is 105 Å². The van der Waals surface area contributed by atoms with Gasteiger partial charge in [0.15, 0.2) is 0 Å². The van der Waals surface area contributed by atoms with Crippen molar-refractivity contribution in [3.05, 3.63) is 108 Å². The molecule has 25 heavy (non-hydrogen) atoms. The first-order valence-corrected chi connectivity index (χ1v) is 9.46. The van der Waals surface area contributed by atoms with Gasteiger partial charge in [-0.2, -0.15) is 0 Å². The number of unbranched alkanes of at least 4 members (excludes halogenated alkanes) is 1. The first-order chi connectivity index (χ1) is 12.3. The van der Waals surface area contributed by atoms with Gasteiger partial charge in [0.2, 0.25) is 0 Å². The van der Waals surface area contributed by atoms with Gasteiger partial charge in [-0.25, -0.2) is 0 Å². The van der Waals surface area contributed by atoms with Gasteiger partial charge in [-0.15, -0.1) is 0 Å². The predicted molar refractivity (Wildman–Crippen MR) is 108 cm³/mol. The summed E-state index contributed by atoms with van der Waals surface area (Å²) < 4.78 is 0. The smallest absolute Gasteiger partial charge is 0.0476 e. The van der Waals surface area contributed by atoms with Crippen LogP contribution in [0.3, 0.4) is 0 Å². The third-order valence-corrected chi connectivity index (χ3v) is 5.42. The minimum Gasteiger partial charge on any atom is -0.0654 e. The topological polar surface area (TPSA) is 0 Å². The molecule has 0 nitrogen and oxygen atoms in total. The fraction of sp³-hybridized carbons (Fsp3) is 0.280. The van der Waals surface area contributed by atoms with E-state index < -0.39 is 0 Å². The molecule has 128 valence electrons. The highest BCUT2D eigenvalue weighted by molar-refractivity contribution is 5.51. The summed E-state index contributed by atoms with van der Waals surface area (Å²) in [4.78, 5) is 0.